The summed E-state index contributed by atoms with van der Waals surface area (Å²) in [6.45, 7) is 4.41. The van der Waals surface area contributed by atoms with Gasteiger partial charge >= 0.3 is 0 Å². The molecule has 0 aliphatic heterocycles. The molecule has 1 aromatic rings. The fourth-order valence-electron chi connectivity index (χ4n) is 1.74. The molecule has 108 valence electrons. The largest absolute Gasteiger partial charge is 0.240 e. The van der Waals surface area contributed by atoms with Gasteiger partial charge in [-0.25, -0.2) is 13.1 Å². The first kappa shape index (κ1) is 16.7. The lowest BCUT2D eigenvalue weighted by Crippen LogP contribution is -2.24. The highest BCUT2D eigenvalue weighted by Crippen LogP contribution is 2.14. The number of rotatable bonds is 8. The van der Waals surface area contributed by atoms with Crippen molar-refractivity contribution in [1.82, 2.24) is 4.72 Å². The third-order valence-corrected chi connectivity index (χ3v) is 5.16. The van der Waals surface area contributed by atoms with Crippen LogP contribution >= 0.6 is 15.9 Å². The summed E-state index contributed by atoms with van der Waals surface area (Å²) >= 11 is 3.38. The Labute approximate surface area is 125 Å². The van der Waals surface area contributed by atoms with E-state index in [4.69, 9.17) is 0 Å². The molecule has 0 atom stereocenters. The maximum absolute atomic E-state index is 12.1. The smallest absolute Gasteiger partial charge is 0.211 e. The Hall–Kier alpha value is -0.390. The molecule has 1 aromatic carbocycles. The van der Waals surface area contributed by atoms with Crippen LogP contribution in [0.4, 0.5) is 0 Å². The summed E-state index contributed by atoms with van der Waals surface area (Å²) in [5, 5.41) is 1.02. The van der Waals surface area contributed by atoms with Crippen LogP contribution in [0.1, 0.15) is 36.8 Å². The van der Waals surface area contributed by atoms with Gasteiger partial charge in [0.1, 0.15) is 0 Å². The maximum atomic E-state index is 12.1. The van der Waals surface area contributed by atoms with Gasteiger partial charge in [0.15, 0.2) is 0 Å². The van der Waals surface area contributed by atoms with Crippen LogP contribution in [0.5, 0.6) is 0 Å². The first-order chi connectivity index (χ1) is 8.97. The second-order valence-corrected chi connectivity index (χ2v) is 7.31. The van der Waals surface area contributed by atoms with E-state index in [-0.39, 0.29) is 0 Å². The van der Waals surface area contributed by atoms with E-state index < -0.39 is 10.0 Å². The summed E-state index contributed by atoms with van der Waals surface area (Å²) in [4.78, 5) is 0.357. The van der Waals surface area contributed by atoms with Crippen LogP contribution in [-0.4, -0.2) is 20.3 Å². The first-order valence-electron chi connectivity index (χ1n) is 6.60. The maximum Gasteiger partial charge on any atom is 0.240 e. The van der Waals surface area contributed by atoms with Crippen molar-refractivity contribution >= 4 is 26.0 Å². The van der Waals surface area contributed by atoms with E-state index in [1.165, 1.54) is 0 Å². The van der Waals surface area contributed by atoms with Crippen molar-refractivity contribution in [1.29, 1.82) is 0 Å². The minimum atomic E-state index is -3.35. The molecule has 0 saturated carbocycles. The highest BCUT2D eigenvalue weighted by atomic mass is 79.9. The van der Waals surface area contributed by atoms with Gasteiger partial charge < -0.3 is 0 Å². The zero-order chi connectivity index (χ0) is 14.3. The summed E-state index contributed by atoms with van der Waals surface area (Å²) in [5.41, 5.74) is 2.11. The molecular weight excluding hydrogens is 326 g/mol. The van der Waals surface area contributed by atoms with E-state index >= 15 is 0 Å². The lowest BCUT2D eigenvalue weighted by atomic mass is 10.1. The lowest BCUT2D eigenvalue weighted by molar-refractivity contribution is 0.574. The van der Waals surface area contributed by atoms with Crippen LogP contribution in [0, 0.1) is 13.8 Å². The SMILES string of the molecule is Cc1ccc(S(=O)(=O)NCCCCCCBr)cc1C. The molecule has 0 aliphatic rings. The number of nitrogens with one attached hydrogen (secondary N) is 1. The third-order valence-electron chi connectivity index (χ3n) is 3.14. The Kier molecular flexibility index (Phi) is 7.04. The van der Waals surface area contributed by atoms with Crippen molar-refractivity contribution < 1.29 is 8.42 Å². The van der Waals surface area contributed by atoms with Crippen molar-refractivity contribution in [2.75, 3.05) is 11.9 Å². The molecule has 0 heterocycles. The zero-order valence-electron chi connectivity index (χ0n) is 11.6. The fourth-order valence-corrected chi connectivity index (χ4v) is 3.30. The second kappa shape index (κ2) is 8.02. The molecule has 3 nitrogen and oxygen atoms in total. The van der Waals surface area contributed by atoms with E-state index in [1.807, 2.05) is 19.9 Å². The van der Waals surface area contributed by atoms with Crippen LogP contribution in [0.15, 0.2) is 23.1 Å². The quantitative estimate of drug-likeness (QED) is 0.577. The molecule has 0 radical (unpaired) electrons. The summed E-state index contributed by atoms with van der Waals surface area (Å²) in [7, 11) is -3.35. The number of unbranched alkanes of at least 4 members (excludes halogenated alkanes) is 3. The molecule has 0 aromatic heterocycles. The van der Waals surface area contributed by atoms with E-state index in [2.05, 4.69) is 20.7 Å². The van der Waals surface area contributed by atoms with Crippen LogP contribution in [0.3, 0.4) is 0 Å². The first-order valence-corrected chi connectivity index (χ1v) is 9.21. The van der Waals surface area contributed by atoms with E-state index in [0.29, 0.717) is 11.4 Å². The van der Waals surface area contributed by atoms with Gasteiger partial charge in [0, 0.05) is 11.9 Å². The molecule has 5 heteroatoms. The number of benzene rings is 1. The molecule has 19 heavy (non-hydrogen) atoms. The van der Waals surface area contributed by atoms with Gasteiger partial charge in [0.25, 0.3) is 0 Å². The number of halogens is 1. The molecular formula is C14H22BrNO2S. The number of alkyl halides is 1. The predicted molar refractivity (Wildman–Crippen MR) is 83.4 cm³/mol. The van der Waals surface area contributed by atoms with Crippen LogP contribution in [-0.2, 0) is 10.0 Å². The van der Waals surface area contributed by atoms with Crippen molar-refractivity contribution in [3.05, 3.63) is 29.3 Å². The molecule has 1 N–H and O–H groups in total. The van der Waals surface area contributed by atoms with Crippen LogP contribution < -0.4 is 4.72 Å². The average Bonchev–Trinajstić information content (AvgIpc) is 2.36. The third kappa shape index (κ3) is 5.63. The Morgan fingerprint density at radius 3 is 2.37 bits per heavy atom. The molecule has 1 rings (SSSR count). The highest BCUT2D eigenvalue weighted by molar-refractivity contribution is 9.09. The highest BCUT2D eigenvalue weighted by Gasteiger charge is 2.13. The van der Waals surface area contributed by atoms with Crippen molar-refractivity contribution in [3.63, 3.8) is 0 Å². The van der Waals surface area contributed by atoms with E-state index in [0.717, 1.165) is 42.1 Å². The molecule has 0 fully saturated rings. The Morgan fingerprint density at radius 2 is 1.74 bits per heavy atom. The molecule has 0 saturated heterocycles. The van der Waals surface area contributed by atoms with Crippen molar-refractivity contribution in [3.8, 4) is 0 Å². The average molecular weight is 348 g/mol. The van der Waals surface area contributed by atoms with Crippen LogP contribution in [0.25, 0.3) is 0 Å². The molecule has 0 unspecified atom stereocenters. The molecule has 0 amide bonds. The zero-order valence-corrected chi connectivity index (χ0v) is 14.0. The monoisotopic (exact) mass is 347 g/mol. The van der Waals surface area contributed by atoms with Crippen molar-refractivity contribution in [2.45, 2.75) is 44.4 Å². The van der Waals surface area contributed by atoms with Gasteiger partial charge in [0.05, 0.1) is 4.90 Å². The molecule has 0 aliphatic carbocycles. The normalized spacial score (nSPS) is 11.7. The summed E-state index contributed by atoms with van der Waals surface area (Å²) < 4.78 is 26.8. The Morgan fingerprint density at radius 1 is 1.05 bits per heavy atom. The summed E-state index contributed by atoms with van der Waals surface area (Å²) in [6, 6.07) is 5.23. The number of sulfonamides is 1. The number of hydrogen-bond donors (Lipinski definition) is 1. The topological polar surface area (TPSA) is 46.2 Å². The van der Waals surface area contributed by atoms with Gasteiger partial charge in [-0.1, -0.05) is 34.8 Å². The minimum Gasteiger partial charge on any atom is -0.211 e. The number of hydrogen-bond acceptors (Lipinski definition) is 2. The summed E-state index contributed by atoms with van der Waals surface area (Å²) in [5.74, 6) is 0. The van der Waals surface area contributed by atoms with E-state index in [9.17, 15) is 8.42 Å². The molecule has 0 spiro atoms. The molecule has 0 bridgehead atoms. The fraction of sp³-hybridized carbons (Fsp3) is 0.571. The van der Waals surface area contributed by atoms with Crippen LogP contribution in [0.2, 0.25) is 0 Å². The van der Waals surface area contributed by atoms with Crippen molar-refractivity contribution in [2.24, 2.45) is 0 Å². The Bertz CT molecular complexity index is 500. The minimum absolute atomic E-state index is 0.357. The summed E-state index contributed by atoms with van der Waals surface area (Å²) in [6.07, 6.45) is 4.22. The van der Waals surface area contributed by atoms with Gasteiger partial charge in [-0.2, -0.15) is 0 Å². The predicted octanol–water partition coefficient (Wildman–Crippen LogP) is 3.54. The number of aryl methyl sites for hydroxylation is 2. The lowest BCUT2D eigenvalue weighted by Gasteiger charge is -2.08. The second-order valence-electron chi connectivity index (χ2n) is 4.75. The standard InChI is InChI=1S/C14H22BrNO2S/c1-12-7-8-14(11-13(12)2)19(17,18)16-10-6-4-3-5-9-15/h7-8,11,16H,3-6,9-10H2,1-2H3. The van der Waals surface area contributed by atoms with Gasteiger partial charge in [-0.3, -0.25) is 0 Å². The Balaban J connectivity index is 2.49. The van der Waals surface area contributed by atoms with Gasteiger partial charge in [-0.05, 0) is 49.9 Å². The van der Waals surface area contributed by atoms with E-state index in [1.54, 1.807) is 12.1 Å². The van der Waals surface area contributed by atoms with Gasteiger partial charge in [-0.15, -0.1) is 0 Å². The van der Waals surface area contributed by atoms with Gasteiger partial charge in [0.2, 0.25) is 10.0 Å².